The summed E-state index contributed by atoms with van der Waals surface area (Å²) in [6, 6.07) is 14.8. The molecule has 2 N–H and O–H groups in total. The van der Waals surface area contributed by atoms with Gasteiger partial charge in [0.15, 0.2) is 0 Å². The SMILES string of the molecule is COc1ccc(/C(C)=N\NC(=O)c2cc(-c3ccc(F)cc3)n[nH]2)cc1. The van der Waals surface area contributed by atoms with E-state index in [1.54, 1.807) is 32.2 Å². The van der Waals surface area contributed by atoms with Gasteiger partial charge in [0.2, 0.25) is 0 Å². The molecule has 1 heterocycles. The van der Waals surface area contributed by atoms with E-state index in [-0.39, 0.29) is 11.5 Å². The van der Waals surface area contributed by atoms with Crippen LogP contribution in [0.25, 0.3) is 11.3 Å². The molecule has 6 nitrogen and oxygen atoms in total. The fraction of sp³-hybridized carbons (Fsp3) is 0.105. The van der Waals surface area contributed by atoms with Gasteiger partial charge in [0, 0.05) is 5.56 Å². The zero-order chi connectivity index (χ0) is 18.5. The first kappa shape index (κ1) is 17.3. The van der Waals surface area contributed by atoms with E-state index >= 15 is 0 Å². The normalized spacial score (nSPS) is 11.3. The smallest absolute Gasteiger partial charge is 0.289 e. The molecule has 7 heteroatoms. The van der Waals surface area contributed by atoms with Gasteiger partial charge in [0.25, 0.3) is 5.91 Å². The van der Waals surface area contributed by atoms with Crippen LogP contribution < -0.4 is 10.2 Å². The molecule has 0 saturated carbocycles. The lowest BCUT2D eigenvalue weighted by atomic mass is 10.1. The molecular formula is C19H17FN4O2. The van der Waals surface area contributed by atoms with Crippen molar-refractivity contribution in [2.45, 2.75) is 6.92 Å². The largest absolute Gasteiger partial charge is 0.497 e. The summed E-state index contributed by atoms with van der Waals surface area (Å²) in [5.41, 5.74) is 5.52. The molecule has 2 aromatic carbocycles. The number of methoxy groups -OCH3 is 1. The Morgan fingerprint density at radius 1 is 1.15 bits per heavy atom. The summed E-state index contributed by atoms with van der Waals surface area (Å²) in [5.74, 6) is 0.000637. The molecule has 3 aromatic rings. The van der Waals surface area contributed by atoms with Gasteiger partial charge in [-0.25, -0.2) is 9.82 Å². The van der Waals surface area contributed by atoms with Gasteiger partial charge in [-0.1, -0.05) is 0 Å². The average Bonchev–Trinajstić information content (AvgIpc) is 3.16. The van der Waals surface area contributed by atoms with Crippen molar-refractivity contribution >= 4 is 11.6 Å². The number of nitrogens with one attached hydrogen (secondary N) is 2. The molecule has 0 spiro atoms. The van der Waals surface area contributed by atoms with Gasteiger partial charge < -0.3 is 4.74 Å². The van der Waals surface area contributed by atoms with Gasteiger partial charge in [-0.05, 0) is 67.1 Å². The maximum atomic E-state index is 13.0. The molecule has 0 saturated heterocycles. The van der Waals surface area contributed by atoms with E-state index in [0.717, 1.165) is 11.3 Å². The minimum atomic E-state index is -0.418. The van der Waals surface area contributed by atoms with Crippen molar-refractivity contribution in [3.8, 4) is 17.0 Å². The van der Waals surface area contributed by atoms with Crippen molar-refractivity contribution in [1.82, 2.24) is 15.6 Å². The molecule has 0 unspecified atom stereocenters. The van der Waals surface area contributed by atoms with Gasteiger partial charge in [-0.2, -0.15) is 10.2 Å². The average molecular weight is 352 g/mol. The van der Waals surface area contributed by atoms with E-state index in [1.807, 2.05) is 24.3 Å². The topological polar surface area (TPSA) is 79.4 Å². The number of rotatable bonds is 5. The van der Waals surface area contributed by atoms with Crippen LogP contribution in [0.5, 0.6) is 5.75 Å². The van der Waals surface area contributed by atoms with E-state index in [2.05, 4.69) is 20.7 Å². The Bertz CT molecular complexity index is 931. The predicted molar refractivity (Wildman–Crippen MR) is 96.7 cm³/mol. The number of hydrazone groups is 1. The third-order valence-electron chi connectivity index (χ3n) is 3.80. The van der Waals surface area contributed by atoms with Gasteiger partial charge in [0.05, 0.1) is 18.5 Å². The number of H-pyrrole nitrogens is 1. The highest BCUT2D eigenvalue weighted by atomic mass is 19.1. The molecule has 0 aliphatic heterocycles. The second kappa shape index (κ2) is 7.60. The zero-order valence-corrected chi connectivity index (χ0v) is 14.3. The second-order valence-electron chi connectivity index (χ2n) is 5.54. The molecule has 3 rings (SSSR count). The molecule has 0 fully saturated rings. The summed E-state index contributed by atoms with van der Waals surface area (Å²) in [7, 11) is 1.60. The van der Waals surface area contributed by atoms with Gasteiger partial charge in [-0.15, -0.1) is 0 Å². The monoisotopic (exact) mass is 352 g/mol. The Morgan fingerprint density at radius 2 is 1.85 bits per heavy atom. The summed E-state index contributed by atoms with van der Waals surface area (Å²) in [4.78, 5) is 12.2. The van der Waals surface area contributed by atoms with Crippen LogP contribution in [-0.2, 0) is 0 Å². The summed E-state index contributed by atoms with van der Waals surface area (Å²) in [5, 5.41) is 10.8. The Hall–Kier alpha value is -3.48. The first-order chi connectivity index (χ1) is 12.6. The van der Waals surface area contributed by atoms with Crippen LogP contribution in [-0.4, -0.2) is 28.9 Å². The lowest BCUT2D eigenvalue weighted by molar-refractivity contribution is 0.0950. The fourth-order valence-electron chi connectivity index (χ4n) is 2.30. The number of carbonyl (C=O) groups excluding carboxylic acids is 1. The molecule has 132 valence electrons. The molecule has 26 heavy (non-hydrogen) atoms. The first-order valence-corrected chi connectivity index (χ1v) is 7.87. The van der Waals surface area contributed by atoms with Crippen molar-refractivity contribution in [1.29, 1.82) is 0 Å². The number of carbonyl (C=O) groups is 1. The van der Waals surface area contributed by atoms with Crippen LogP contribution in [0.3, 0.4) is 0 Å². The van der Waals surface area contributed by atoms with Gasteiger partial charge >= 0.3 is 0 Å². The molecular weight excluding hydrogens is 335 g/mol. The van der Waals surface area contributed by atoms with Crippen molar-refractivity contribution in [2.75, 3.05) is 7.11 Å². The number of aromatic nitrogens is 2. The van der Waals surface area contributed by atoms with Crippen LogP contribution in [0.2, 0.25) is 0 Å². The number of hydrogen-bond acceptors (Lipinski definition) is 4. The highest BCUT2D eigenvalue weighted by Crippen LogP contribution is 2.18. The van der Waals surface area contributed by atoms with Crippen molar-refractivity contribution in [2.24, 2.45) is 5.10 Å². The molecule has 1 amide bonds. The van der Waals surface area contributed by atoms with Crippen LogP contribution in [0.15, 0.2) is 59.7 Å². The second-order valence-corrected chi connectivity index (χ2v) is 5.54. The summed E-state index contributed by atoms with van der Waals surface area (Å²) < 4.78 is 18.1. The Kier molecular flexibility index (Phi) is 5.07. The van der Waals surface area contributed by atoms with E-state index in [4.69, 9.17) is 4.74 Å². The lowest BCUT2D eigenvalue weighted by Crippen LogP contribution is -2.19. The molecule has 1 aromatic heterocycles. The Morgan fingerprint density at radius 3 is 2.50 bits per heavy atom. The van der Waals surface area contributed by atoms with E-state index in [0.29, 0.717) is 17.0 Å². The number of nitrogens with zero attached hydrogens (tertiary/aromatic N) is 2. The standard InChI is InChI=1S/C19H17FN4O2/c1-12(13-5-9-16(26-2)10-6-13)21-24-19(25)18-11-17(22-23-18)14-3-7-15(20)8-4-14/h3-11H,1-2H3,(H,22,23)(H,24,25)/b21-12-. The zero-order valence-electron chi connectivity index (χ0n) is 14.3. The van der Waals surface area contributed by atoms with Gasteiger partial charge in [0.1, 0.15) is 17.3 Å². The quantitative estimate of drug-likeness (QED) is 0.546. The summed E-state index contributed by atoms with van der Waals surface area (Å²) >= 11 is 0. The van der Waals surface area contributed by atoms with Crippen molar-refractivity contribution < 1.29 is 13.9 Å². The van der Waals surface area contributed by atoms with Crippen LogP contribution in [0.4, 0.5) is 4.39 Å². The van der Waals surface area contributed by atoms with Crippen LogP contribution in [0, 0.1) is 5.82 Å². The minimum Gasteiger partial charge on any atom is -0.497 e. The summed E-state index contributed by atoms with van der Waals surface area (Å²) in [6.07, 6.45) is 0. The number of hydrogen-bond donors (Lipinski definition) is 2. The van der Waals surface area contributed by atoms with E-state index in [9.17, 15) is 9.18 Å². The number of aromatic amines is 1. The first-order valence-electron chi connectivity index (χ1n) is 7.87. The number of amides is 1. The number of benzene rings is 2. The van der Waals surface area contributed by atoms with Crippen molar-refractivity contribution in [3.05, 3.63) is 71.7 Å². The predicted octanol–water partition coefficient (Wildman–Crippen LogP) is 3.38. The molecule has 0 radical (unpaired) electrons. The highest BCUT2D eigenvalue weighted by molar-refractivity contribution is 6.00. The third kappa shape index (κ3) is 3.94. The number of halogens is 1. The molecule has 0 bridgehead atoms. The van der Waals surface area contributed by atoms with Crippen LogP contribution in [0.1, 0.15) is 23.0 Å². The third-order valence-corrected chi connectivity index (χ3v) is 3.80. The summed E-state index contributed by atoms with van der Waals surface area (Å²) in [6.45, 7) is 1.79. The van der Waals surface area contributed by atoms with E-state index < -0.39 is 5.91 Å². The number of ether oxygens (including phenoxy) is 1. The molecule has 0 atom stereocenters. The maximum absolute atomic E-state index is 13.0. The fourth-order valence-corrected chi connectivity index (χ4v) is 2.30. The van der Waals surface area contributed by atoms with Gasteiger partial charge in [-0.3, -0.25) is 9.89 Å². The van der Waals surface area contributed by atoms with Crippen LogP contribution >= 0.6 is 0 Å². The van der Waals surface area contributed by atoms with Crippen molar-refractivity contribution in [3.63, 3.8) is 0 Å². The molecule has 0 aliphatic carbocycles. The Labute approximate surface area is 149 Å². The highest BCUT2D eigenvalue weighted by Gasteiger charge is 2.11. The maximum Gasteiger partial charge on any atom is 0.289 e. The van der Waals surface area contributed by atoms with E-state index in [1.165, 1.54) is 12.1 Å². The lowest BCUT2D eigenvalue weighted by Gasteiger charge is -2.03. The molecule has 0 aliphatic rings. The Balaban J connectivity index is 1.68. The minimum absolute atomic E-state index is 0.260.